The molecule has 3 nitrogen and oxygen atoms in total. The van der Waals surface area contributed by atoms with Crippen molar-refractivity contribution in [3.8, 4) is 11.5 Å². The summed E-state index contributed by atoms with van der Waals surface area (Å²) in [6.07, 6.45) is 0. The van der Waals surface area contributed by atoms with Crippen molar-refractivity contribution in [2.75, 3.05) is 21.3 Å². The van der Waals surface area contributed by atoms with E-state index in [-0.39, 0.29) is 0 Å². The molecule has 0 bridgehead atoms. The standard InChI is InChI=1S/C10H14ClNO2/c1-12-6-7-4-8(13-2)10(11)9(5-7)14-3/h4-5,12H,6H2,1-3H3. The summed E-state index contributed by atoms with van der Waals surface area (Å²) in [5, 5.41) is 3.56. The molecule has 1 aromatic carbocycles. The molecule has 0 atom stereocenters. The summed E-state index contributed by atoms with van der Waals surface area (Å²) in [5.74, 6) is 1.27. The van der Waals surface area contributed by atoms with Crippen LogP contribution in [0.25, 0.3) is 0 Å². The van der Waals surface area contributed by atoms with Crippen molar-refractivity contribution in [2.24, 2.45) is 0 Å². The average Bonchev–Trinajstić information content (AvgIpc) is 2.20. The lowest BCUT2D eigenvalue weighted by molar-refractivity contribution is 0.393. The lowest BCUT2D eigenvalue weighted by Gasteiger charge is -2.10. The predicted octanol–water partition coefficient (Wildman–Crippen LogP) is 2.08. The molecule has 0 saturated heterocycles. The largest absolute Gasteiger partial charge is 0.495 e. The van der Waals surface area contributed by atoms with Crippen molar-refractivity contribution >= 4 is 11.6 Å². The van der Waals surface area contributed by atoms with E-state index in [1.807, 2.05) is 19.2 Å². The Labute approximate surface area is 89.0 Å². The summed E-state index contributed by atoms with van der Waals surface area (Å²) in [7, 11) is 5.06. The van der Waals surface area contributed by atoms with E-state index in [0.717, 1.165) is 12.1 Å². The molecule has 0 aromatic heterocycles. The molecule has 14 heavy (non-hydrogen) atoms. The highest BCUT2D eigenvalue weighted by molar-refractivity contribution is 6.33. The first-order valence-electron chi connectivity index (χ1n) is 4.28. The highest BCUT2D eigenvalue weighted by atomic mass is 35.5. The number of hydrogen-bond acceptors (Lipinski definition) is 3. The molecule has 0 aliphatic heterocycles. The minimum atomic E-state index is 0.509. The van der Waals surface area contributed by atoms with Gasteiger partial charge in [0.05, 0.1) is 14.2 Å². The third-order valence-electron chi connectivity index (χ3n) is 1.89. The van der Waals surface area contributed by atoms with Crippen LogP contribution in [0.1, 0.15) is 5.56 Å². The first-order chi connectivity index (χ1) is 6.72. The molecular weight excluding hydrogens is 202 g/mol. The lowest BCUT2D eigenvalue weighted by atomic mass is 10.2. The van der Waals surface area contributed by atoms with Gasteiger partial charge in [-0.15, -0.1) is 0 Å². The second kappa shape index (κ2) is 5.08. The van der Waals surface area contributed by atoms with E-state index in [1.165, 1.54) is 0 Å². The van der Waals surface area contributed by atoms with Gasteiger partial charge in [0.15, 0.2) is 0 Å². The number of benzene rings is 1. The maximum absolute atomic E-state index is 6.01. The lowest BCUT2D eigenvalue weighted by Crippen LogP contribution is -2.05. The van der Waals surface area contributed by atoms with Crippen molar-refractivity contribution in [3.63, 3.8) is 0 Å². The zero-order chi connectivity index (χ0) is 10.6. The monoisotopic (exact) mass is 215 g/mol. The molecule has 0 unspecified atom stereocenters. The Morgan fingerprint density at radius 3 is 2.07 bits per heavy atom. The molecule has 0 fully saturated rings. The van der Waals surface area contributed by atoms with E-state index >= 15 is 0 Å². The van der Waals surface area contributed by atoms with Crippen molar-refractivity contribution in [1.82, 2.24) is 5.32 Å². The molecule has 0 heterocycles. The van der Waals surface area contributed by atoms with Crippen LogP contribution in [-0.2, 0) is 6.54 Å². The van der Waals surface area contributed by atoms with E-state index in [9.17, 15) is 0 Å². The second-order valence-corrected chi connectivity index (χ2v) is 3.22. The van der Waals surface area contributed by atoms with Crippen molar-refractivity contribution < 1.29 is 9.47 Å². The third kappa shape index (κ3) is 2.30. The zero-order valence-corrected chi connectivity index (χ0v) is 9.31. The first-order valence-corrected chi connectivity index (χ1v) is 4.65. The zero-order valence-electron chi connectivity index (χ0n) is 8.56. The summed E-state index contributed by atoms with van der Waals surface area (Å²) in [6.45, 7) is 0.754. The molecule has 0 aliphatic carbocycles. The average molecular weight is 216 g/mol. The van der Waals surface area contributed by atoms with Gasteiger partial charge in [-0.2, -0.15) is 0 Å². The summed E-state index contributed by atoms with van der Waals surface area (Å²) in [5.41, 5.74) is 1.07. The van der Waals surface area contributed by atoms with Gasteiger partial charge in [-0.3, -0.25) is 0 Å². The van der Waals surface area contributed by atoms with E-state index in [4.69, 9.17) is 21.1 Å². The van der Waals surface area contributed by atoms with Crippen LogP contribution in [0.4, 0.5) is 0 Å². The fraction of sp³-hybridized carbons (Fsp3) is 0.400. The van der Waals surface area contributed by atoms with Crippen molar-refractivity contribution in [1.29, 1.82) is 0 Å². The van der Waals surface area contributed by atoms with Crippen LogP contribution in [0.3, 0.4) is 0 Å². The fourth-order valence-electron chi connectivity index (χ4n) is 1.23. The van der Waals surface area contributed by atoms with Gasteiger partial charge in [0.2, 0.25) is 0 Å². The maximum atomic E-state index is 6.01. The summed E-state index contributed by atoms with van der Waals surface area (Å²) >= 11 is 6.01. The highest BCUT2D eigenvalue weighted by Gasteiger charge is 2.09. The van der Waals surface area contributed by atoms with E-state index < -0.39 is 0 Å². The van der Waals surface area contributed by atoms with E-state index in [2.05, 4.69) is 5.32 Å². The first kappa shape index (κ1) is 11.1. The van der Waals surface area contributed by atoms with Crippen molar-refractivity contribution in [3.05, 3.63) is 22.7 Å². The number of ether oxygens (including phenoxy) is 2. The number of hydrogen-bond donors (Lipinski definition) is 1. The number of nitrogens with one attached hydrogen (secondary N) is 1. The van der Waals surface area contributed by atoms with E-state index in [0.29, 0.717) is 16.5 Å². The molecule has 0 spiro atoms. The Morgan fingerprint density at radius 2 is 1.71 bits per heavy atom. The molecule has 1 aromatic rings. The summed E-state index contributed by atoms with van der Waals surface area (Å²) < 4.78 is 10.3. The van der Waals surface area contributed by atoms with Crippen LogP contribution in [-0.4, -0.2) is 21.3 Å². The Bertz CT molecular complexity index is 290. The van der Waals surface area contributed by atoms with Gasteiger partial charge in [-0.1, -0.05) is 11.6 Å². The van der Waals surface area contributed by atoms with Gasteiger partial charge in [-0.05, 0) is 24.7 Å². The molecule has 0 saturated carbocycles. The molecule has 4 heteroatoms. The van der Waals surface area contributed by atoms with Gasteiger partial charge in [-0.25, -0.2) is 0 Å². The smallest absolute Gasteiger partial charge is 0.141 e. The molecule has 78 valence electrons. The SMILES string of the molecule is CNCc1cc(OC)c(Cl)c(OC)c1. The number of methoxy groups -OCH3 is 2. The van der Waals surface area contributed by atoms with Gasteiger partial charge in [0.1, 0.15) is 16.5 Å². The van der Waals surface area contributed by atoms with Crippen LogP contribution in [0.2, 0.25) is 5.02 Å². The molecule has 1 N–H and O–H groups in total. The fourth-order valence-corrected chi connectivity index (χ4v) is 1.49. The van der Waals surface area contributed by atoms with Crippen LogP contribution in [0, 0.1) is 0 Å². The molecule has 0 aliphatic rings. The van der Waals surface area contributed by atoms with Crippen LogP contribution < -0.4 is 14.8 Å². The topological polar surface area (TPSA) is 30.5 Å². The quantitative estimate of drug-likeness (QED) is 0.834. The minimum absolute atomic E-state index is 0.509. The van der Waals surface area contributed by atoms with Gasteiger partial charge >= 0.3 is 0 Å². The molecular formula is C10H14ClNO2. The van der Waals surface area contributed by atoms with Crippen molar-refractivity contribution in [2.45, 2.75) is 6.54 Å². The molecule has 0 amide bonds. The Kier molecular flexibility index (Phi) is 4.04. The molecule has 0 radical (unpaired) electrons. The van der Waals surface area contributed by atoms with Crippen LogP contribution in [0.15, 0.2) is 12.1 Å². The van der Waals surface area contributed by atoms with Gasteiger partial charge < -0.3 is 14.8 Å². The normalized spacial score (nSPS) is 10.0. The number of rotatable bonds is 4. The molecule has 1 rings (SSSR count). The number of halogens is 1. The van der Waals surface area contributed by atoms with Crippen LogP contribution >= 0.6 is 11.6 Å². The summed E-state index contributed by atoms with van der Waals surface area (Å²) in [4.78, 5) is 0. The highest BCUT2D eigenvalue weighted by Crippen LogP contribution is 2.35. The van der Waals surface area contributed by atoms with Gasteiger partial charge in [0.25, 0.3) is 0 Å². The second-order valence-electron chi connectivity index (χ2n) is 2.84. The van der Waals surface area contributed by atoms with E-state index in [1.54, 1.807) is 14.2 Å². The predicted molar refractivity (Wildman–Crippen MR) is 57.3 cm³/mol. The Morgan fingerprint density at radius 1 is 1.21 bits per heavy atom. The van der Waals surface area contributed by atoms with Gasteiger partial charge in [0, 0.05) is 6.54 Å². The maximum Gasteiger partial charge on any atom is 0.141 e. The Hall–Kier alpha value is -0.930. The summed E-state index contributed by atoms with van der Waals surface area (Å²) in [6, 6.07) is 3.78. The minimum Gasteiger partial charge on any atom is -0.495 e. The van der Waals surface area contributed by atoms with Crippen LogP contribution in [0.5, 0.6) is 11.5 Å². The third-order valence-corrected chi connectivity index (χ3v) is 2.26. The Balaban J connectivity index is 3.11.